The number of rotatable bonds is 10. The van der Waals surface area contributed by atoms with E-state index in [-0.39, 0.29) is 62.9 Å². The van der Waals surface area contributed by atoms with Crippen LogP contribution in [0.3, 0.4) is 0 Å². The molecule has 2 aromatic carbocycles. The first kappa shape index (κ1) is 46.5. The molecule has 16 heteroatoms. The molecular weight excluding hydrogens is 761 g/mol. The van der Waals surface area contributed by atoms with Crippen molar-refractivity contribution in [3.8, 4) is 11.5 Å². The average Bonchev–Trinajstić information content (AvgIpc) is 3.69. The second-order valence-electron chi connectivity index (χ2n) is 15.9. The average molecular weight is 823 g/mol. The highest BCUT2D eigenvalue weighted by Gasteiger charge is 2.39. The third-order valence-corrected chi connectivity index (χ3v) is 9.74. The minimum absolute atomic E-state index is 0.0412. The number of nitrogens with one attached hydrogen (secondary N) is 4. The molecule has 0 bridgehead atoms. The van der Waals surface area contributed by atoms with Crippen molar-refractivity contribution in [1.29, 1.82) is 0 Å². The van der Waals surface area contributed by atoms with Crippen molar-refractivity contribution in [2.24, 2.45) is 5.92 Å². The number of likely N-dealkylation sites (N-methyl/N-ethyl adjacent to an activating group) is 1. The van der Waals surface area contributed by atoms with Gasteiger partial charge in [0, 0.05) is 45.5 Å². The highest BCUT2D eigenvalue weighted by atomic mass is 16.5. The van der Waals surface area contributed by atoms with E-state index in [1.807, 2.05) is 58.0 Å². The van der Waals surface area contributed by atoms with Crippen LogP contribution < -0.4 is 30.7 Å². The van der Waals surface area contributed by atoms with E-state index < -0.39 is 59.7 Å². The molecule has 5 atom stereocenters. The largest absolute Gasteiger partial charge is 0.491 e. The molecule has 2 aromatic rings. The topological polar surface area (TPSA) is 194 Å². The first-order valence-electron chi connectivity index (χ1n) is 20.5. The zero-order chi connectivity index (χ0) is 43.1. The molecule has 0 radical (unpaired) electrons. The lowest BCUT2D eigenvalue weighted by molar-refractivity contribution is -0.143. The predicted octanol–water partition coefficient (Wildman–Crippen LogP) is 2.58. The predicted molar refractivity (Wildman–Crippen MR) is 219 cm³/mol. The first-order chi connectivity index (χ1) is 28.1. The highest BCUT2D eigenvalue weighted by molar-refractivity contribution is 5.99. The lowest BCUT2D eigenvalue weighted by atomic mass is 10.0. The van der Waals surface area contributed by atoms with Gasteiger partial charge in [0.05, 0.1) is 19.3 Å². The van der Waals surface area contributed by atoms with Gasteiger partial charge in [-0.1, -0.05) is 44.2 Å². The molecule has 324 valence electrons. The van der Waals surface area contributed by atoms with E-state index in [2.05, 4.69) is 21.3 Å². The van der Waals surface area contributed by atoms with Crippen LogP contribution >= 0.6 is 0 Å². The normalized spacial score (nSPS) is 23.0. The Balaban J connectivity index is 1.58. The summed E-state index contributed by atoms with van der Waals surface area (Å²) >= 11 is 0. The lowest BCUT2D eigenvalue weighted by Gasteiger charge is -2.30. The molecule has 2 saturated heterocycles. The molecular formula is C43H62N6O10. The first-order valence-corrected chi connectivity index (χ1v) is 20.5. The SMILES string of the molecule is CC(C)C[C@@H]1NC(=O)[C@@H](NC(=O)c2cc(OCc3ccccc3)cc(OC(C)C)c2)COCCCCOC[C@@H](C(=O)N(C)C)NC(=O)[C@@H]2CCCN2C(=O)[C@H](C)NC1=O. The zero-order valence-corrected chi connectivity index (χ0v) is 35.4. The number of carbonyl (C=O) groups excluding carboxylic acids is 6. The summed E-state index contributed by atoms with van der Waals surface area (Å²) in [6.07, 6.45) is 2.04. The van der Waals surface area contributed by atoms with E-state index in [0.717, 1.165) is 5.56 Å². The Morgan fingerprint density at radius 1 is 0.864 bits per heavy atom. The quantitative estimate of drug-likeness (QED) is 0.277. The molecule has 6 amide bonds. The lowest BCUT2D eigenvalue weighted by Crippen LogP contribution is -2.59. The Morgan fingerprint density at radius 3 is 2.20 bits per heavy atom. The number of amides is 6. The summed E-state index contributed by atoms with van der Waals surface area (Å²) in [5, 5.41) is 11.1. The maximum absolute atomic E-state index is 14.0. The van der Waals surface area contributed by atoms with E-state index >= 15 is 0 Å². The van der Waals surface area contributed by atoms with Crippen LogP contribution in [0.25, 0.3) is 0 Å². The number of carbonyl (C=O) groups is 6. The Bertz CT molecular complexity index is 1740. The monoisotopic (exact) mass is 822 g/mol. The van der Waals surface area contributed by atoms with Crippen molar-refractivity contribution in [3.05, 3.63) is 59.7 Å². The van der Waals surface area contributed by atoms with Crippen molar-refractivity contribution >= 4 is 35.4 Å². The fourth-order valence-electron chi connectivity index (χ4n) is 6.76. The van der Waals surface area contributed by atoms with Gasteiger partial charge in [0.25, 0.3) is 5.91 Å². The number of benzene rings is 2. The van der Waals surface area contributed by atoms with Crippen molar-refractivity contribution in [1.82, 2.24) is 31.1 Å². The van der Waals surface area contributed by atoms with Gasteiger partial charge in [-0.3, -0.25) is 28.8 Å². The molecule has 0 spiro atoms. The molecule has 2 fully saturated rings. The molecule has 0 saturated carbocycles. The number of nitrogens with zero attached hydrogens (tertiary/aromatic N) is 2. The maximum atomic E-state index is 14.0. The Morgan fingerprint density at radius 2 is 1.54 bits per heavy atom. The van der Waals surface area contributed by atoms with Crippen molar-refractivity contribution in [3.63, 3.8) is 0 Å². The van der Waals surface area contributed by atoms with E-state index in [0.29, 0.717) is 43.7 Å². The second-order valence-corrected chi connectivity index (χ2v) is 15.9. The zero-order valence-electron chi connectivity index (χ0n) is 35.4. The number of hydrogen-bond acceptors (Lipinski definition) is 10. The fraction of sp³-hybridized carbons (Fsp3) is 0.581. The molecule has 4 rings (SSSR count). The Labute approximate surface area is 347 Å². The van der Waals surface area contributed by atoms with Crippen LogP contribution in [0.1, 0.15) is 82.6 Å². The van der Waals surface area contributed by atoms with Crippen molar-refractivity contribution in [2.75, 3.05) is 47.1 Å². The van der Waals surface area contributed by atoms with Crippen molar-refractivity contribution < 1.29 is 47.7 Å². The van der Waals surface area contributed by atoms with Crippen LogP contribution in [0.5, 0.6) is 11.5 Å². The van der Waals surface area contributed by atoms with Gasteiger partial charge >= 0.3 is 0 Å². The summed E-state index contributed by atoms with van der Waals surface area (Å²) in [5.41, 5.74) is 1.11. The van der Waals surface area contributed by atoms with Gasteiger partial charge in [0.2, 0.25) is 29.5 Å². The minimum Gasteiger partial charge on any atom is -0.491 e. The van der Waals surface area contributed by atoms with Crippen LogP contribution in [-0.4, -0.2) is 129 Å². The summed E-state index contributed by atoms with van der Waals surface area (Å²) in [5.74, 6) is -2.41. The minimum atomic E-state index is -1.22. The molecule has 0 aromatic heterocycles. The summed E-state index contributed by atoms with van der Waals surface area (Å²) in [6.45, 7) is 9.76. The van der Waals surface area contributed by atoms with E-state index in [1.54, 1.807) is 32.3 Å². The Kier molecular flexibility index (Phi) is 18.0. The van der Waals surface area contributed by atoms with Crippen LogP contribution in [0.15, 0.2) is 48.5 Å². The maximum Gasteiger partial charge on any atom is 0.252 e. The van der Waals surface area contributed by atoms with E-state index in [4.69, 9.17) is 18.9 Å². The van der Waals surface area contributed by atoms with E-state index in [9.17, 15) is 28.8 Å². The molecule has 59 heavy (non-hydrogen) atoms. The number of fused-ring (bicyclic) bond motifs is 1. The number of ether oxygens (including phenoxy) is 4. The molecule has 2 aliphatic rings. The summed E-state index contributed by atoms with van der Waals surface area (Å²) in [4.78, 5) is 84.8. The van der Waals surface area contributed by atoms with Crippen LogP contribution in [0.2, 0.25) is 0 Å². The fourth-order valence-corrected chi connectivity index (χ4v) is 6.76. The molecule has 4 N–H and O–H groups in total. The van der Waals surface area contributed by atoms with Gasteiger partial charge in [0.1, 0.15) is 48.3 Å². The van der Waals surface area contributed by atoms with Gasteiger partial charge in [0.15, 0.2) is 0 Å². The third-order valence-electron chi connectivity index (χ3n) is 9.74. The standard InChI is InChI=1S/C43H62N6O10/c1-27(2)20-34-39(51)44-29(5)42(54)49-17-13-16-37(49)41(53)47-36(43(55)48(6)7)26-57-19-12-11-18-56-25-35(40(52)45-34)46-38(50)31-21-32(23-33(22-31)59-28(3)4)58-24-30-14-9-8-10-15-30/h8-10,14-15,21-23,27-29,34-37H,11-13,16-20,24-26H2,1-7H3,(H,44,51)(H,45,52)(H,46,50)(H,47,53)/t29-,34-,35-,36-,37-/m0/s1. The van der Waals surface area contributed by atoms with Gasteiger partial charge in [-0.15, -0.1) is 0 Å². The Hall–Kier alpha value is -5.22. The van der Waals surface area contributed by atoms with Crippen LogP contribution in [0.4, 0.5) is 0 Å². The molecule has 16 nitrogen and oxygen atoms in total. The van der Waals surface area contributed by atoms with Gasteiger partial charge in [-0.2, -0.15) is 0 Å². The van der Waals surface area contributed by atoms with Crippen molar-refractivity contribution in [2.45, 2.75) is 110 Å². The van der Waals surface area contributed by atoms with Crippen LogP contribution in [-0.2, 0) is 40.1 Å². The summed E-state index contributed by atoms with van der Waals surface area (Å²) < 4.78 is 23.7. The van der Waals surface area contributed by atoms with E-state index in [1.165, 1.54) is 16.7 Å². The van der Waals surface area contributed by atoms with Crippen LogP contribution in [0, 0.1) is 5.92 Å². The second kappa shape index (κ2) is 22.8. The summed E-state index contributed by atoms with van der Waals surface area (Å²) in [6, 6.07) is 9.24. The molecule has 2 aliphatic heterocycles. The summed E-state index contributed by atoms with van der Waals surface area (Å²) in [7, 11) is 3.17. The third kappa shape index (κ3) is 14.5. The smallest absolute Gasteiger partial charge is 0.252 e. The molecule has 2 heterocycles. The molecule has 0 unspecified atom stereocenters. The van der Waals surface area contributed by atoms with Gasteiger partial charge in [-0.05, 0) is 76.5 Å². The molecule has 0 aliphatic carbocycles. The number of hydrogen-bond donors (Lipinski definition) is 4. The van der Waals surface area contributed by atoms with Gasteiger partial charge < -0.3 is 50.0 Å². The highest BCUT2D eigenvalue weighted by Crippen LogP contribution is 2.25. The van der Waals surface area contributed by atoms with Gasteiger partial charge in [-0.25, -0.2) is 0 Å².